The molecule has 0 saturated heterocycles. The smallest absolute Gasteiger partial charge is 0.167 e. The maximum absolute atomic E-state index is 5.62. The summed E-state index contributed by atoms with van der Waals surface area (Å²) in [7, 11) is 0. The van der Waals surface area contributed by atoms with E-state index >= 15 is 0 Å². The maximum Gasteiger partial charge on any atom is 0.167 e. The van der Waals surface area contributed by atoms with Gasteiger partial charge in [0.05, 0.1) is 11.8 Å². The normalized spacial score (nSPS) is 12.9. The molecule has 3 rings (SSSR count). The Morgan fingerprint density at radius 1 is 1.33 bits per heavy atom. The predicted molar refractivity (Wildman–Crippen MR) is 63.7 cm³/mol. The number of hydrogen-bond donors (Lipinski definition) is 0. The van der Waals surface area contributed by atoms with Crippen LogP contribution in [-0.2, 0) is 6.73 Å². The molecule has 1 aliphatic heterocycles. The lowest BCUT2D eigenvalue weighted by Gasteiger charge is -2.19. The van der Waals surface area contributed by atoms with Crippen LogP contribution in [0.4, 0.5) is 0 Å². The van der Waals surface area contributed by atoms with Gasteiger partial charge in [-0.15, -0.1) is 0 Å². The van der Waals surface area contributed by atoms with Crippen molar-refractivity contribution in [2.45, 2.75) is 6.73 Å². The van der Waals surface area contributed by atoms with E-state index in [4.69, 9.17) is 4.74 Å². The summed E-state index contributed by atoms with van der Waals surface area (Å²) in [5.41, 5.74) is 1.02. The van der Waals surface area contributed by atoms with Crippen LogP contribution in [0, 0.1) is 0 Å². The summed E-state index contributed by atoms with van der Waals surface area (Å²) in [4.78, 5) is 4.35. The highest BCUT2D eigenvalue weighted by Crippen LogP contribution is 2.36. The van der Waals surface area contributed by atoms with Crippen molar-refractivity contribution in [3.8, 4) is 17.1 Å². The van der Waals surface area contributed by atoms with Gasteiger partial charge >= 0.3 is 0 Å². The number of halogens is 2. The van der Waals surface area contributed by atoms with Crippen LogP contribution < -0.4 is 4.74 Å². The Bertz CT molecular complexity index is 536. The van der Waals surface area contributed by atoms with Gasteiger partial charge in [0, 0.05) is 4.47 Å². The number of hydrogen-bond acceptors (Lipinski definition) is 2. The Morgan fingerprint density at radius 3 is 3.07 bits per heavy atom. The average Bonchev–Trinajstić information content (AvgIpc) is 2.61. The van der Waals surface area contributed by atoms with E-state index in [1.807, 2.05) is 22.8 Å². The van der Waals surface area contributed by atoms with E-state index in [2.05, 4.69) is 36.8 Å². The number of aromatic nitrogens is 2. The third-order valence-corrected chi connectivity index (χ3v) is 3.46. The Balaban J connectivity index is 2.28. The number of fused-ring (bicyclic) bond motifs is 3. The first-order valence-electron chi connectivity index (χ1n) is 4.39. The predicted octanol–water partition coefficient (Wildman–Crippen LogP) is 3.43. The van der Waals surface area contributed by atoms with Gasteiger partial charge in [0.1, 0.15) is 16.2 Å². The quantitative estimate of drug-likeness (QED) is 0.740. The summed E-state index contributed by atoms with van der Waals surface area (Å²) in [6, 6.07) is 5.93. The van der Waals surface area contributed by atoms with Crippen molar-refractivity contribution < 1.29 is 4.74 Å². The van der Waals surface area contributed by atoms with E-state index in [1.165, 1.54) is 0 Å². The molecule has 15 heavy (non-hydrogen) atoms. The minimum absolute atomic E-state index is 0.505. The van der Waals surface area contributed by atoms with Crippen molar-refractivity contribution in [3.63, 3.8) is 0 Å². The molecule has 1 aliphatic rings. The van der Waals surface area contributed by atoms with Gasteiger partial charge in [-0.25, -0.2) is 4.98 Å². The molecule has 76 valence electrons. The molecule has 1 aromatic carbocycles. The van der Waals surface area contributed by atoms with E-state index in [0.29, 0.717) is 6.73 Å². The van der Waals surface area contributed by atoms with Crippen LogP contribution in [0.2, 0.25) is 0 Å². The van der Waals surface area contributed by atoms with E-state index in [1.54, 1.807) is 6.20 Å². The van der Waals surface area contributed by atoms with Crippen molar-refractivity contribution >= 4 is 31.9 Å². The molecular formula is C10H6Br2N2O. The minimum atomic E-state index is 0.505. The second-order valence-corrected chi connectivity index (χ2v) is 4.97. The fraction of sp³-hybridized carbons (Fsp3) is 0.100. The van der Waals surface area contributed by atoms with Crippen molar-refractivity contribution in [2.24, 2.45) is 0 Å². The third-order valence-electron chi connectivity index (χ3n) is 2.34. The number of ether oxygens (including phenoxy) is 1. The SMILES string of the molecule is Brc1ccc2c(c1)-c1ncc(Br)n1CO2. The number of imidazole rings is 1. The minimum Gasteiger partial charge on any atom is -0.472 e. The first-order chi connectivity index (χ1) is 7.25. The molecule has 0 spiro atoms. The van der Waals surface area contributed by atoms with E-state index in [9.17, 15) is 0 Å². The highest BCUT2D eigenvalue weighted by atomic mass is 79.9. The number of rotatable bonds is 0. The van der Waals surface area contributed by atoms with Gasteiger partial charge < -0.3 is 4.74 Å². The van der Waals surface area contributed by atoms with E-state index < -0.39 is 0 Å². The van der Waals surface area contributed by atoms with E-state index in [0.717, 1.165) is 26.2 Å². The molecule has 0 atom stereocenters. The lowest BCUT2D eigenvalue weighted by atomic mass is 10.2. The summed E-state index contributed by atoms with van der Waals surface area (Å²) in [5.74, 6) is 1.81. The molecule has 0 unspecified atom stereocenters. The second-order valence-electron chi connectivity index (χ2n) is 3.25. The lowest BCUT2D eigenvalue weighted by Crippen LogP contribution is -2.12. The summed E-state index contributed by atoms with van der Waals surface area (Å²) in [6.07, 6.45) is 1.79. The zero-order valence-corrected chi connectivity index (χ0v) is 10.7. The highest BCUT2D eigenvalue weighted by molar-refractivity contribution is 9.10. The standard InChI is InChI=1S/C10H6Br2N2O/c11-6-1-2-8-7(3-6)10-13-4-9(12)14(10)5-15-8/h1-4H,5H2. The fourth-order valence-corrected chi connectivity index (χ4v) is 2.36. The molecule has 0 radical (unpaired) electrons. The van der Waals surface area contributed by atoms with Crippen LogP contribution in [0.1, 0.15) is 0 Å². The zero-order chi connectivity index (χ0) is 10.4. The van der Waals surface area contributed by atoms with Gasteiger partial charge in [-0.3, -0.25) is 4.57 Å². The first kappa shape index (κ1) is 9.42. The van der Waals surface area contributed by atoms with Crippen LogP contribution in [0.15, 0.2) is 33.5 Å². The molecule has 2 heterocycles. The largest absolute Gasteiger partial charge is 0.472 e. The van der Waals surface area contributed by atoms with Crippen molar-refractivity contribution in [3.05, 3.63) is 33.5 Å². The average molecular weight is 330 g/mol. The van der Waals surface area contributed by atoms with Gasteiger partial charge in [0.2, 0.25) is 0 Å². The lowest BCUT2D eigenvalue weighted by molar-refractivity contribution is 0.227. The molecule has 0 N–H and O–H groups in total. The molecule has 5 heteroatoms. The highest BCUT2D eigenvalue weighted by Gasteiger charge is 2.20. The zero-order valence-electron chi connectivity index (χ0n) is 7.58. The van der Waals surface area contributed by atoms with Crippen LogP contribution in [0.3, 0.4) is 0 Å². The van der Waals surface area contributed by atoms with Crippen LogP contribution in [-0.4, -0.2) is 9.55 Å². The van der Waals surface area contributed by atoms with E-state index in [-0.39, 0.29) is 0 Å². The van der Waals surface area contributed by atoms with Gasteiger partial charge in [-0.05, 0) is 34.1 Å². The Labute approximate surface area is 103 Å². The van der Waals surface area contributed by atoms with Crippen molar-refractivity contribution in [1.29, 1.82) is 0 Å². The molecule has 0 fully saturated rings. The fourth-order valence-electron chi connectivity index (χ4n) is 1.63. The molecule has 0 saturated carbocycles. The summed E-state index contributed by atoms with van der Waals surface area (Å²) < 4.78 is 9.56. The topological polar surface area (TPSA) is 27.1 Å². The molecule has 0 bridgehead atoms. The third kappa shape index (κ3) is 1.41. The van der Waals surface area contributed by atoms with Gasteiger partial charge in [0.15, 0.2) is 6.73 Å². The van der Waals surface area contributed by atoms with Crippen molar-refractivity contribution in [1.82, 2.24) is 9.55 Å². The first-order valence-corrected chi connectivity index (χ1v) is 5.98. The molecule has 0 amide bonds. The van der Waals surface area contributed by atoms with Crippen LogP contribution >= 0.6 is 31.9 Å². The van der Waals surface area contributed by atoms with Gasteiger partial charge in [0.25, 0.3) is 0 Å². The van der Waals surface area contributed by atoms with Crippen LogP contribution in [0.5, 0.6) is 5.75 Å². The Morgan fingerprint density at radius 2 is 2.20 bits per heavy atom. The summed E-state index contributed by atoms with van der Waals surface area (Å²) >= 11 is 6.88. The summed E-state index contributed by atoms with van der Waals surface area (Å²) in [5, 5.41) is 0. The molecule has 1 aromatic heterocycles. The maximum atomic E-state index is 5.62. The molecule has 3 nitrogen and oxygen atoms in total. The molecule has 0 aliphatic carbocycles. The Hall–Kier alpha value is -0.810. The summed E-state index contributed by atoms with van der Waals surface area (Å²) in [6.45, 7) is 0.505. The monoisotopic (exact) mass is 328 g/mol. The number of nitrogens with zero attached hydrogens (tertiary/aromatic N) is 2. The van der Waals surface area contributed by atoms with Crippen LogP contribution in [0.25, 0.3) is 11.4 Å². The second kappa shape index (κ2) is 3.35. The van der Waals surface area contributed by atoms with Gasteiger partial charge in [-0.1, -0.05) is 15.9 Å². The molecule has 2 aromatic rings. The molecular weight excluding hydrogens is 324 g/mol. The Kier molecular flexibility index (Phi) is 2.10. The van der Waals surface area contributed by atoms with Gasteiger partial charge in [-0.2, -0.15) is 0 Å². The number of benzene rings is 1. The van der Waals surface area contributed by atoms with Crippen molar-refractivity contribution in [2.75, 3.05) is 0 Å².